The molecular formula is C11H15NO3. The van der Waals surface area contributed by atoms with Gasteiger partial charge < -0.3 is 9.64 Å². The second-order valence-electron chi connectivity index (χ2n) is 4.00. The smallest absolute Gasteiger partial charge is 0.344 e. The van der Waals surface area contributed by atoms with E-state index in [2.05, 4.69) is 4.90 Å². The lowest BCUT2D eigenvalue weighted by atomic mass is 10.1. The van der Waals surface area contributed by atoms with Gasteiger partial charge in [-0.2, -0.15) is 0 Å². The van der Waals surface area contributed by atoms with E-state index < -0.39 is 5.97 Å². The lowest BCUT2D eigenvalue weighted by Gasteiger charge is -2.29. The van der Waals surface area contributed by atoms with Crippen LogP contribution in [0.15, 0.2) is 11.3 Å². The van der Waals surface area contributed by atoms with Gasteiger partial charge in [-0.15, -0.1) is 0 Å². The third-order valence-corrected chi connectivity index (χ3v) is 2.92. The Morgan fingerprint density at radius 3 is 2.53 bits per heavy atom. The number of hydrogen-bond donors (Lipinski definition) is 0. The number of rotatable bonds is 2. The fourth-order valence-corrected chi connectivity index (χ4v) is 2.16. The maximum atomic E-state index is 11.3. The zero-order valence-corrected chi connectivity index (χ0v) is 8.91. The summed E-state index contributed by atoms with van der Waals surface area (Å²) in [5.74, 6) is -0.638. The van der Waals surface area contributed by atoms with Crippen molar-refractivity contribution in [3.8, 4) is 0 Å². The number of carbonyl (C=O) groups excluding carboxylic acids is 2. The van der Waals surface area contributed by atoms with Gasteiger partial charge in [0.15, 0.2) is 5.78 Å². The van der Waals surface area contributed by atoms with E-state index in [-0.39, 0.29) is 18.0 Å². The topological polar surface area (TPSA) is 46.6 Å². The summed E-state index contributed by atoms with van der Waals surface area (Å²) in [6.45, 7) is 3.56. The summed E-state index contributed by atoms with van der Waals surface area (Å²) >= 11 is 0. The van der Waals surface area contributed by atoms with Crippen molar-refractivity contribution < 1.29 is 14.3 Å². The lowest BCUT2D eigenvalue weighted by Crippen LogP contribution is -2.31. The molecule has 0 aliphatic carbocycles. The Kier molecular flexibility index (Phi) is 2.75. The highest BCUT2D eigenvalue weighted by molar-refractivity contribution is 6.18. The van der Waals surface area contributed by atoms with E-state index in [4.69, 9.17) is 4.74 Å². The third-order valence-electron chi connectivity index (χ3n) is 2.92. The zero-order valence-electron chi connectivity index (χ0n) is 8.91. The van der Waals surface area contributed by atoms with E-state index in [1.165, 1.54) is 13.3 Å². The first-order valence-corrected chi connectivity index (χ1v) is 5.36. The minimum Gasteiger partial charge on any atom is -0.456 e. The normalized spacial score (nSPS) is 21.9. The van der Waals surface area contributed by atoms with Gasteiger partial charge in [-0.05, 0) is 26.2 Å². The Morgan fingerprint density at radius 1 is 1.27 bits per heavy atom. The highest BCUT2D eigenvalue weighted by Crippen LogP contribution is 2.23. The van der Waals surface area contributed by atoms with Crippen LogP contribution in [0, 0.1) is 0 Å². The van der Waals surface area contributed by atoms with Crippen molar-refractivity contribution in [2.45, 2.75) is 26.2 Å². The lowest BCUT2D eigenvalue weighted by molar-refractivity contribution is -0.137. The van der Waals surface area contributed by atoms with Gasteiger partial charge in [-0.25, -0.2) is 4.79 Å². The van der Waals surface area contributed by atoms with Gasteiger partial charge in [-0.1, -0.05) is 0 Å². The van der Waals surface area contributed by atoms with Gasteiger partial charge >= 0.3 is 5.97 Å². The van der Waals surface area contributed by atoms with Crippen LogP contribution in [0.4, 0.5) is 0 Å². The molecule has 0 amide bonds. The summed E-state index contributed by atoms with van der Waals surface area (Å²) in [7, 11) is 0. The minimum atomic E-state index is -0.455. The molecule has 0 bridgehead atoms. The SMILES string of the molecule is CC(=O)C1=C(N2CCCCC2)COC1=O. The number of piperidine rings is 1. The number of Topliss-reactive ketones (excluding diaryl/α,β-unsaturated/α-hetero) is 1. The summed E-state index contributed by atoms with van der Waals surface area (Å²) in [6, 6.07) is 0. The van der Waals surface area contributed by atoms with Crippen LogP contribution >= 0.6 is 0 Å². The van der Waals surface area contributed by atoms with Crippen LogP contribution in [0.2, 0.25) is 0 Å². The van der Waals surface area contributed by atoms with Gasteiger partial charge in [0, 0.05) is 13.1 Å². The summed E-state index contributed by atoms with van der Waals surface area (Å²) in [5, 5.41) is 0. The standard InChI is InChI=1S/C11H15NO3/c1-8(13)10-9(7-15-11(10)14)12-5-3-2-4-6-12/h2-7H2,1H3. The van der Waals surface area contributed by atoms with Gasteiger partial charge in [0.1, 0.15) is 12.2 Å². The fraction of sp³-hybridized carbons (Fsp3) is 0.636. The highest BCUT2D eigenvalue weighted by Gasteiger charge is 2.31. The van der Waals surface area contributed by atoms with Crippen molar-refractivity contribution in [2.75, 3.05) is 19.7 Å². The molecule has 15 heavy (non-hydrogen) atoms. The predicted molar refractivity (Wildman–Crippen MR) is 54.1 cm³/mol. The van der Waals surface area contributed by atoms with Crippen LogP contribution in [0.3, 0.4) is 0 Å². The maximum absolute atomic E-state index is 11.3. The highest BCUT2D eigenvalue weighted by atomic mass is 16.5. The van der Waals surface area contributed by atoms with Gasteiger partial charge in [0.25, 0.3) is 0 Å². The minimum absolute atomic E-state index is 0.182. The monoisotopic (exact) mass is 209 g/mol. The number of ether oxygens (including phenoxy) is 1. The molecule has 4 heteroatoms. The molecular weight excluding hydrogens is 194 g/mol. The largest absolute Gasteiger partial charge is 0.456 e. The molecule has 2 heterocycles. The molecule has 0 atom stereocenters. The van der Waals surface area contributed by atoms with Crippen LogP contribution in [0.1, 0.15) is 26.2 Å². The van der Waals surface area contributed by atoms with E-state index in [1.807, 2.05) is 0 Å². The maximum Gasteiger partial charge on any atom is 0.344 e. The van der Waals surface area contributed by atoms with E-state index in [9.17, 15) is 9.59 Å². The summed E-state index contributed by atoms with van der Waals surface area (Å²) in [4.78, 5) is 24.8. The van der Waals surface area contributed by atoms with Crippen molar-refractivity contribution >= 4 is 11.8 Å². The van der Waals surface area contributed by atoms with Crippen LogP contribution in [-0.4, -0.2) is 36.3 Å². The third kappa shape index (κ3) is 1.89. The number of cyclic esters (lactones) is 1. The Balaban J connectivity index is 2.24. The molecule has 0 aromatic carbocycles. The van der Waals surface area contributed by atoms with Crippen LogP contribution < -0.4 is 0 Å². The number of nitrogens with zero attached hydrogens (tertiary/aromatic N) is 1. The van der Waals surface area contributed by atoms with Crippen molar-refractivity contribution in [1.29, 1.82) is 0 Å². The van der Waals surface area contributed by atoms with E-state index in [0.717, 1.165) is 31.6 Å². The molecule has 0 aromatic heterocycles. The molecule has 0 N–H and O–H groups in total. The second-order valence-corrected chi connectivity index (χ2v) is 4.00. The summed E-state index contributed by atoms with van der Waals surface area (Å²) < 4.78 is 4.92. The molecule has 2 aliphatic heterocycles. The zero-order chi connectivity index (χ0) is 10.8. The average molecular weight is 209 g/mol. The summed E-state index contributed by atoms with van der Waals surface area (Å²) in [6.07, 6.45) is 3.49. The van der Waals surface area contributed by atoms with Gasteiger partial charge in [0.2, 0.25) is 0 Å². The van der Waals surface area contributed by atoms with E-state index >= 15 is 0 Å². The molecule has 1 saturated heterocycles. The molecule has 0 radical (unpaired) electrons. The molecule has 0 spiro atoms. The molecule has 0 unspecified atom stereocenters. The van der Waals surface area contributed by atoms with Crippen molar-refractivity contribution in [2.24, 2.45) is 0 Å². The van der Waals surface area contributed by atoms with Crippen LogP contribution in [0.25, 0.3) is 0 Å². The number of ketones is 1. The molecule has 4 nitrogen and oxygen atoms in total. The van der Waals surface area contributed by atoms with Crippen molar-refractivity contribution in [3.05, 3.63) is 11.3 Å². The predicted octanol–water partition coefficient (Wildman–Crippen LogP) is 0.872. The number of carbonyl (C=O) groups is 2. The van der Waals surface area contributed by atoms with Gasteiger partial charge in [0.05, 0.1) is 5.70 Å². The Hall–Kier alpha value is -1.32. The molecule has 2 rings (SSSR count). The Morgan fingerprint density at radius 2 is 1.93 bits per heavy atom. The molecule has 2 aliphatic rings. The first-order valence-electron chi connectivity index (χ1n) is 5.36. The average Bonchev–Trinajstić information content (AvgIpc) is 2.61. The van der Waals surface area contributed by atoms with E-state index in [1.54, 1.807) is 0 Å². The quantitative estimate of drug-likeness (QED) is 0.500. The fourth-order valence-electron chi connectivity index (χ4n) is 2.16. The molecule has 0 aromatic rings. The molecule has 0 saturated carbocycles. The molecule has 1 fully saturated rings. The van der Waals surface area contributed by atoms with Crippen molar-refractivity contribution in [1.82, 2.24) is 4.90 Å². The molecule has 82 valence electrons. The second kappa shape index (κ2) is 4.04. The Labute approximate surface area is 88.9 Å². The van der Waals surface area contributed by atoms with Crippen LogP contribution in [-0.2, 0) is 14.3 Å². The number of esters is 1. The number of likely N-dealkylation sites (tertiary alicyclic amines) is 1. The van der Waals surface area contributed by atoms with E-state index in [0.29, 0.717) is 0 Å². The Bertz CT molecular complexity index is 327. The van der Waals surface area contributed by atoms with Crippen LogP contribution in [0.5, 0.6) is 0 Å². The summed E-state index contributed by atoms with van der Waals surface area (Å²) in [5.41, 5.74) is 1.06. The first kappa shape index (κ1) is 10.2. The number of hydrogen-bond acceptors (Lipinski definition) is 4. The first-order chi connectivity index (χ1) is 7.20. The van der Waals surface area contributed by atoms with Gasteiger partial charge in [-0.3, -0.25) is 4.79 Å². The van der Waals surface area contributed by atoms with Crippen molar-refractivity contribution in [3.63, 3.8) is 0 Å².